The van der Waals surface area contributed by atoms with Crippen molar-refractivity contribution >= 4 is 35.8 Å². The maximum atomic E-state index is 5.44. The quantitative estimate of drug-likeness (QED) is 0.354. The number of nitrogens with zero attached hydrogens (tertiary/aromatic N) is 3. The fourth-order valence-corrected chi connectivity index (χ4v) is 3.69. The third kappa shape index (κ3) is 5.90. The van der Waals surface area contributed by atoms with Gasteiger partial charge in [0, 0.05) is 39.4 Å². The number of aliphatic imine (C=N–C) groups is 1. The number of benzene rings is 1. The van der Waals surface area contributed by atoms with Gasteiger partial charge < -0.3 is 25.0 Å². The average Bonchev–Trinajstić information content (AvgIpc) is 3.05. The molecule has 0 spiro atoms. The van der Waals surface area contributed by atoms with Crippen LogP contribution in [0.25, 0.3) is 0 Å². The van der Waals surface area contributed by atoms with E-state index in [1.54, 1.807) is 7.05 Å². The van der Waals surface area contributed by atoms with E-state index in [9.17, 15) is 0 Å². The van der Waals surface area contributed by atoms with E-state index in [1.807, 2.05) is 24.4 Å². The maximum Gasteiger partial charge on any atom is 0.231 e. The van der Waals surface area contributed by atoms with Gasteiger partial charge in [0.25, 0.3) is 0 Å². The Hall–Kier alpha value is -2.23. The van der Waals surface area contributed by atoms with Gasteiger partial charge in [-0.05, 0) is 48.2 Å². The van der Waals surface area contributed by atoms with Crippen molar-refractivity contribution < 1.29 is 9.47 Å². The van der Waals surface area contributed by atoms with Crippen LogP contribution in [-0.4, -0.2) is 37.9 Å². The first-order valence-electron chi connectivity index (χ1n) is 10.3. The molecule has 4 rings (SSSR count). The number of ether oxygens (including phenoxy) is 2. The molecule has 0 atom stereocenters. The summed E-state index contributed by atoms with van der Waals surface area (Å²) in [4.78, 5) is 11.3. The highest BCUT2D eigenvalue weighted by molar-refractivity contribution is 14.0. The first-order chi connectivity index (χ1) is 14.3. The zero-order chi connectivity index (χ0) is 19.9. The first kappa shape index (κ1) is 22.5. The van der Waals surface area contributed by atoms with Crippen molar-refractivity contribution in [3.05, 3.63) is 47.7 Å². The van der Waals surface area contributed by atoms with Gasteiger partial charge in [-0.25, -0.2) is 4.98 Å². The minimum absolute atomic E-state index is 0. The van der Waals surface area contributed by atoms with Gasteiger partial charge in [0.1, 0.15) is 5.82 Å². The lowest BCUT2D eigenvalue weighted by molar-refractivity contribution is 0.174. The monoisotopic (exact) mass is 523 g/mol. The van der Waals surface area contributed by atoms with E-state index in [2.05, 4.69) is 37.6 Å². The van der Waals surface area contributed by atoms with Crippen LogP contribution in [0.3, 0.4) is 0 Å². The average molecular weight is 523 g/mol. The van der Waals surface area contributed by atoms with Crippen LogP contribution in [0, 0.1) is 0 Å². The van der Waals surface area contributed by atoms with Gasteiger partial charge in [0.2, 0.25) is 6.79 Å². The van der Waals surface area contributed by atoms with Crippen LogP contribution in [0.2, 0.25) is 0 Å². The Morgan fingerprint density at radius 3 is 2.40 bits per heavy atom. The van der Waals surface area contributed by atoms with Crippen molar-refractivity contribution in [2.24, 2.45) is 4.99 Å². The number of aromatic nitrogens is 1. The van der Waals surface area contributed by atoms with Crippen LogP contribution >= 0.6 is 24.0 Å². The van der Waals surface area contributed by atoms with Crippen LogP contribution in [0.15, 0.2) is 41.5 Å². The number of hydrogen-bond donors (Lipinski definition) is 2. The zero-order valence-corrected chi connectivity index (χ0v) is 19.7. The molecule has 1 aromatic carbocycles. The molecular weight excluding hydrogens is 493 g/mol. The van der Waals surface area contributed by atoms with Crippen molar-refractivity contribution in [3.63, 3.8) is 0 Å². The molecule has 0 bridgehead atoms. The fourth-order valence-electron chi connectivity index (χ4n) is 3.69. The lowest BCUT2D eigenvalue weighted by Gasteiger charge is -2.22. The summed E-state index contributed by atoms with van der Waals surface area (Å²) >= 11 is 0. The van der Waals surface area contributed by atoms with Gasteiger partial charge in [-0.1, -0.05) is 18.9 Å². The van der Waals surface area contributed by atoms with E-state index in [-0.39, 0.29) is 24.0 Å². The van der Waals surface area contributed by atoms with E-state index in [4.69, 9.17) is 9.47 Å². The second kappa shape index (κ2) is 11.2. The molecule has 1 aromatic heterocycles. The molecule has 0 unspecified atom stereocenters. The molecule has 8 heteroatoms. The first-order valence-corrected chi connectivity index (χ1v) is 10.3. The number of nitrogens with one attached hydrogen (secondary N) is 2. The Labute approximate surface area is 195 Å². The second-order valence-electron chi connectivity index (χ2n) is 7.39. The Balaban J connectivity index is 0.00000256. The summed E-state index contributed by atoms with van der Waals surface area (Å²) in [5, 5.41) is 6.74. The normalized spacial score (nSPS) is 15.9. The minimum atomic E-state index is 0. The molecule has 0 amide bonds. The van der Waals surface area contributed by atoms with Crippen molar-refractivity contribution in [1.29, 1.82) is 0 Å². The van der Waals surface area contributed by atoms with Crippen LogP contribution in [-0.2, 0) is 13.1 Å². The highest BCUT2D eigenvalue weighted by atomic mass is 127. The van der Waals surface area contributed by atoms with Gasteiger partial charge in [-0.15, -0.1) is 24.0 Å². The van der Waals surface area contributed by atoms with E-state index >= 15 is 0 Å². The summed E-state index contributed by atoms with van der Waals surface area (Å²) < 4.78 is 10.8. The van der Waals surface area contributed by atoms with Crippen molar-refractivity contribution in [3.8, 4) is 11.5 Å². The van der Waals surface area contributed by atoms with Crippen LogP contribution in [0.5, 0.6) is 11.5 Å². The predicted molar refractivity (Wildman–Crippen MR) is 130 cm³/mol. The molecule has 30 heavy (non-hydrogen) atoms. The zero-order valence-electron chi connectivity index (χ0n) is 17.4. The molecule has 3 heterocycles. The molecule has 1 fully saturated rings. The maximum absolute atomic E-state index is 5.44. The molecule has 2 aromatic rings. The van der Waals surface area contributed by atoms with Gasteiger partial charge in [-0.3, -0.25) is 4.99 Å². The molecule has 0 saturated carbocycles. The fraction of sp³-hybridized carbons (Fsp3) is 0.455. The minimum Gasteiger partial charge on any atom is -0.454 e. The smallest absolute Gasteiger partial charge is 0.231 e. The standard InChI is InChI=1S/C22H29N5O2.HI/c1-23-22(25-14-17-6-7-19-20(12-17)29-16-28-19)26-15-18-8-9-24-21(13-18)27-10-4-2-3-5-11-27;/h6-9,12-13H,2-5,10-11,14-16H2,1H3,(H2,23,25,26);1H. The van der Waals surface area contributed by atoms with Gasteiger partial charge in [0.05, 0.1) is 0 Å². The van der Waals surface area contributed by atoms with E-state index < -0.39 is 0 Å². The number of halogens is 1. The topological polar surface area (TPSA) is 71.0 Å². The Morgan fingerprint density at radius 2 is 1.67 bits per heavy atom. The molecule has 1 saturated heterocycles. The number of hydrogen-bond acceptors (Lipinski definition) is 5. The third-order valence-electron chi connectivity index (χ3n) is 5.32. The molecule has 7 nitrogen and oxygen atoms in total. The molecule has 2 aliphatic heterocycles. The summed E-state index contributed by atoms with van der Waals surface area (Å²) in [6, 6.07) is 10.2. The molecule has 162 valence electrons. The predicted octanol–water partition coefficient (Wildman–Crippen LogP) is 3.67. The van der Waals surface area contributed by atoms with Crippen molar-refractivity contribution in [2.45, 2.75) is 38.8 Å². The largest absolute Gasteiger partial charge is 0.454 e. The summed E-state index contributed by atoms with van der Waals surface area (Å²) in [6.45, 7) is 3.85. The number of guanidine groups is 1. The number of rotatable bonds is 5. The van der Waals surface area contributed by atoms with Gasteiger partial charge in [-0.2, -0.15) is 0 Å². The summed E-state index contributed by atoms with van der Waals surface area (Å²) in [5.74, 6) is 3.43. The second-order valence-corrected chi connectivity index (χ2v) is 7.39. The van der Waals surface area contributed by atoms with Crippen LogP contribution in [0.4, 0.5) is 5.82 Å². The number of fused-ring (bicyclic) bond motifs is 1. The van der Waals surface area contributed by atoms with E-state index in [0.717, 1.165) is 41.9 Å². The third-order valence-corrected chi connectivity index (χ3v) is 5.32. The Kier molecular flexibility index (Phi) is 8.41. The molecule has 0 radical (unpaired) electrons. The van der Waals surface area contributed by atoms with Crippen molar-refractivity contribution in [1.82, 2.24) is 15.6 Å². The highest BCUT2D eigenvalue weighted by Gasteiger charge is 2.14. The molecule has 2 N–H and O–H groups in total. The van der Waals surface area contributed by atoms with Crippen LogP contribution < -0.4 is 25.0 Å². The SMILES string of the molecule is CN=C(NCc1ccnc(N2CCCCCC2)c1)NCc1ccc2c(c1)OCO2.I. The lowest BCUT2D eigenvalue weighted by atomic mass is 10.2. The van der Waals surface area contributed by atoms with Crippen LogP contribution in [0.1, 0.15) is 36.8 Å². The molecular formula is C22H30IN5O2. The number of anilines is 1. The summed E-state index contributed by atoms with van der Waals surface area (Å²) in [7, 11) is 1.78. The molecule has 2 aliphatic rings. The Morgan fingerprint density at radius 1 is 0.967 bits per heavy atom. The van der Waals surface area contributed by atoms with Gasteiger partial charge >= 0.3 is 0 Å². The Bertz CT molecular complexity index is 853. The summed E-state index contributed by atoms with van der Waals surface area (Å²) in [5.41, 5.74) is 2.31. The molecule has 0 aliphatic carbocycles. The van der Waals surface area contributed by atoms with Gasteiger partial charge in [0.15, 0.2) is 17.5 Å². The van der Waals surface area contributed by atoms with E-state index in [1.165, 1.54) is 31.2 Å². The summed E-state index contributed by atoms with van der Waals surface area (Å²) in [6.07, 6.45) is 7.05. The lowest BCUT2D eigenvalue weighted by Crippen LogP contribution is -2.36. The van der Waals surface area contributed by atoms with E-state index in [0.29, 0.717) is 19.9 Å². The highest BCUT2D eigenvalue weighted by Crippen LogP contribution is 2.32. The number of pyridine rings is 1. The van der Waals surface area contributed by atoms with Crippen molar-refractivity contribution in [2.75, 3.05) is 31.8 Å².